The van der Waals surface area contributed by atoms with Gasteiger partial charge in [-0.05, 0) is 62.2 Å². The van der Waals surface area contributed by atoms with Crippen LogP contribution >= 0.6 is 15.9 Å². The Morgan fingerprint density at radius 2 is 0.911 bits per heavy atom. The van der Waals surface area contributed by atoms with Crippen molar-refractivity contribution in [1.29, 1.82) is 0 Å². The molecule has 0 aliphatic heterocycles. The van der Waals surface area contributed by atoms with E-state index in [0.717, 1.165) is 9.99 Å². The maximum Gasteiger partial charge on any atom is 0.0737 e. The number of rotatable bonds is 4. The first-order valence-corrected chi connectivity index (χ1v) is 16.2. The largest absolute Gasteiger partial charge is 0.354 e. The third-order valence-electron chi connectivity index (χ3n) is 9.56. The highest BCUT2D eigenvalue weighted by molar-refractivity contribution is 9.10. The van der Waals surface area contributed by atoms with Crippen LogP contribution in [0.5, 0.6) is 0 Å². The Hall–Kier alpha value is -5.18. The van der Waals surface area contributed by atoms with E-state index in [0.29, 0.717) is 0 Å². The highest BCUT2D eigenvalue weighted by atomic mass is 79.9. The van der Waals surface area contributed by atoms with Gasteiger partial charge < -0.3 is 4.98 Å². The van der Waals surface area contributed by atoms with Gasteiger partial charge in [0.15, 0.2) is 0 Å². The highest BCUT2D eigenvalue weighted by Crippen LogP contribution is 2.62. The molecule has 0 fully saturated rings. The van der Waals surface area contributed by atoms with Crippen molar-refractivity contribution in [3.8, 4) is 33.4 Å². The fourth-order valence-electron chi connectivity index (χ4n) is 7.82. The number of aromatic nitrogens is 1. The molecule has 1 nitrogen and oxygen atoms in total. The molecule has 8 aromatic rings. The van der Waals surface area contributed by atoms with Crippen LogP contribution in [0.1, 0.15) is 22.3 Å². The molecule has 2 heteroatoms. The lowest BCUT2D eigenvalue weighted by atomic mass is 9.64. The van der Waals surface area contributed by atoms with E-state index in [9.17, 15) is 0 Å². The van der Waals surface area contributed by atoms with E-state index in [-0.39, 0.29) is 0 Å². The van der Waals surface area contributed by atoms with Crippen LogP contribution in [0, 0.1) is 0 Å². The molecular formula is C43H28BrN. The molecule has 0 saturated heterocycles. The van der Waals surface area contributed by atoms with Gasteiger partial charge in [-0.3, -0.25) is 0 Å². The molecule has 1 aliphatic rings. The van der Waals surface area contributed by atoms with Gasteiger partial charge in [0.1, 0.15) is 0 Å². The molecule has 9 rings (SSSR count). The van der Waals surface area contributed by atoms with E-state index in [1.54, 1.807) is 0 Å². The van der Waals surface area contributed by atoms with E-state index >= 15 is 0 Å². The summed E-state index contributed by atoms with van der Waals surface area (Å²) < 4.78 is 1.11. The first-order chi connectivity index (χ1) is 22.3. The topological polar surface area (TPSA) is 15.8 Å². The summed E-state index contributed by atoms with van der Waals surface area (Å²) in [6.07, 6.45) is 0. The predicted molar refractivity (Wildman–Crippen MR) is 192 cm³/mol. The standard InChI is InChI=1S/C43H28BrN/c44-38-27-34-32-21-10-14-26-39(32)45-42(34)40-33-22-9-13-25-37(33)43(41(38)40,35-23-11-7-19-30(35)28-15-3-1-4-16-28)36-24-12-8-20-31(36)29-17-5-2-6-18-29/h1-27,45H. The van der Waals surface area contributed by atoms with E-state index < -0.39 is 5.41 Å². The molecule has 1 aromatic heterocycles. The Morgan fingerprint density at radius 1 is 0.444 bits per heavy atom. The minimum absolute atomic E-state index is 0.616. The zero-order chi connectivity index (χ0) is 30.0. The quantitative estimate of drug-likeness (QED) is 0.197. The lowest BCUT2D eigenvalue weighted by Crippen LogP contribution is -2.30. The van der Waals surface area contributed by atoms with Gasteiger partial charge in [-0.1, -0.05) is 168 Å². The van der Waals surface area contributed by atoms with Crippen LogP contribution in [0.3, 0.4) is 0 Å². The van der Waals surface area contributed by atoms with Crippen molar-refractivity contribution in [2.24, 2.45) is 0 Å². The van der Waals surface area contributed by atoms with Crippen LogP contribution in [0.25, 0.3) is 55.2 Å². The summed E-state index contributed by atoms with van der Waals surface area (Å²) in [7, 11) is 0. The van der Waals surface area contributed by atoms with Gasteiger partial charge in [-0.2, -0.15) is 0 Å². The van der Waals surface area contributed by atoms with Gasteiger partial charge in [0.25, 0.3) is 0 Å². The van der Waals surface area contributed by atoms with Gasteiger partial charge in [-0.25, -0.2) is 0 Å². The molecule has 212 valence electrons. The maximum absolute atomic E-state index is 4.22. The summed E-state index contributed by atoms with van der Waals surface area (Å²) in [5.41, 5.74) is 14.2. The lowest BCUT2D eigenvalue weighted by Gasteiger charge is -2.37. The molecule has 1 heterocycles. The average Bonchev–Trinajstić information content (AvgIpc) is 3.63. The van der Waals surface area contributed by atoms with Crippen molar-refractivity contribution in [3.05, 3.63) is 191 Å². The fourth-order valence-corrected chi connectivity index (χ4v) is 8.54. The number of benzene rings is 7. The summed E-state index contributed by atoms with van der Waals surface area (Å²) in [4.78, 5) is 3.86. The molecule has 0 spiro atoms. The number of nitrogens with one attached hydrogen (secondary N) is 1. The minimum Gasteiger partial charge on any atom is -0.354 e. The smallest absolute Gasteiger partial charge is 0.0737 e. The molecular weight excluding hydrogens is 610 g/mol. The Labute approximate surface area is 271 Å². The second-order valence-corrected chi connectivity index (χ2v) is 12.7. The predicted octanol–water partition coefficient (Wildman–Crippen LogP) is 11.8. The summed E-state index contributed by atoms with van der Waals surface area (Å²) in [5.74, 6) is 0. The normalized spacial score (nSPS) is 13.2. The number of hydrogen-bond donors (Lipinski definition) is 1. The van der Waals surface area contributed by atoms with Crippen molar-refractivity contribution in [2.45, 2.75) is 5.41 Å². The number of para-hydroxylation sites is 1. The maximum atomic E-state index is 4.22. The molecule has 0 radical (unpaired) electrons. The van der Waals surface area contributed by atoms with Crippen molar-refractivity contribution in [3.63, 3.8) is 0 Å². The van der Waals surface area contributed by atoms with Gasteiger partial charge in [0, 0.05) is 26.3 Å². The third kappa shape index (κ3) is 3.73. The molecule has 1 N–H and O–H groups in total. The molecule has 1 aliphatic carbocycles. The number of H-pyrrole nitrogens is 1. The first kappa shape index (κ1) is 26.2. The molecule has 7 aromatic carbocycles. The summed E-state index contributed by atoms with van der Waals surface area (Å²) in [6, 6.07) is 59.6. The van der Waals surface area contributed by atoms with Gasteiger partial charge in [0.05, 0.1) is 10.9 Å². The molecule has 45 heavy (non-hydrogen) atoms. The Morgan fingerprint density at radius 3 is 1.51 bits per heavy atom. The van der Waals surface area contributed by atoms with E-state index in [4.69, 9.17) is 0 Å². The summed E-state index contributed by atoms with van der Waals surface area (Å²) in [5, 5.41) is 2.47. The number of hydrogen-bond acceptors (Lipinski definition) is 0. The van der Waals surface area contributed by atoms with Crippen molar-refractivity contribution < 1.29 is 0 Å². The SMILES string of the molecule is Brc1cc2c([nH]c3ccccc32)c2c1C(c1ccccc1-c1ccccc1)(c1ccccc1-c1ccccc1)c1ccccc1-2. The molecule has 0 unspecified atom stereocenters. The van der Waals surface area contributed by atoms with Crippen LogP contribution in [-0.2, 0) is 5.41 Å². The zero-order valence-corrected chi connectivity index (χ0v) is 26.1. The van der Waals surface area contributed by atoms with Gasteiger partial charge in [-0.15, -0.1) is 0 Å². The monoisotopic (exact) mass is 637 g/mol. The van der Waals surface area contributed by atoms with Crippen molar-refractivity contribution in [1.82, 2.24) is 4.98 Å². The second kappa shape index (κ2) is 10.2. The zero-order valence-electron chi connectivity index (χ0n) is 24.5. The van der Waals surface area contributed by atoms with Crippen LogP contribution in [0.2, 0.25) is 0 Å². The van der Waals surface area contributed by atoms with E-state index in [1.165, 1.54) is 71.9 Å². The molecule has 0 amide bonds. The lowest BCUT2D eigenvalue weighted by molar-refractivity contribution is 0.769. The average molecular weight is 639 g/mol. The first-order valence-electron chi connectivity index (χ1n) is 15.4. The Balaban J connectivity index is 1.52. The van der Waals surface area contributed by atoms with Crippen molar-refractivity contribution >= 4 is 37.7 Å². The number of aromatic amines is 1. The Bertz CT molecular complexity index is 2300. The van der Waals surface area contributed by atoms with Crippen LogP contribution in [0.15, 0.2) is 168 Å². The van der Waals surface area contributed by atoms with Gasteiger partial charge in [0.2, 0.25) is 0 Å². The molecule has 0 saturated carbocycles. The second-order valence-electron chi connectivity index (χ2n) is 11.8. The summed E-state index contributed by atoms with van der Waals surface area (Å²) in [6.45, 7) is 0. The van der Waals surface area contributed by atoms with E-state index in [1.807, 2.05) is 0 Å². The fraction of sp³-hybridized carbons (Fsp3) is 0.0233. The molecule has 0 bridgehead atoms. The third-order valence-corrected chi connectivity index (χ3v) is 10.2. The number of halogens is 1. The van der Waals surface area contributed by atoms with Gasteiger partial charge >= 0.3 is 0 Å². The summed E-state index contributed by atoms with van der Waals surface area (Å²) >= 11 is 4.22. The van der Waals surface area contributed by atoms with Crippen LogP contribution in [0.4, 0.5) is 0 Å². The Kier molecular flexibility index (Phi) is 5.94. The van der Waals surface area contributed by atoms with Crippen LogP contribution < -0.4 is 0 Å². The van der Waals surface area contributed by atoms with E-state index in [2.05, 4.69) is 185 Å². The number of fused-ring (bicyclic) bond motifs is 7. The van der Waals surface area contributed by atoms with Crippen molar-refractivity contribution in [2.75, 3.05) is 0 Å². The molecule has 0 atom stereocenters. The minimum atomic E-state index is -0.616. The highest BCUT2D eigenvalue weighted by Gasteiger charge is 2.50. The van der Waals surface area contributed by atoms with Crippen LogP contribution in [-0.4, -0.2) is 4.98 Å².